The Balaban J connectivity index is 2.20. The van der Waals surface area contributed by atoms with Crippen molar-refractivity contribution in [2.24, 2.45) is 0 Å². The molecule has 4 nitrogen and oxygen atoms in total. The molecule has 1 rings (SSSR count). The smallest absolute Gasteiger partial charge is 0.251 e. The fraction of sp³-hybridized carbons (Fsp3) is 0.429. The molecule has 0 atom stereocenters. The fourth-order valence-corrected chi connectivity index (χ4v) is 1.52. The molecule has 1 aromatic rings. The lowest BCUT2D eigenvalue weighted by atomic mass is 10.2. The average Bonchev–Trinajstić information content (AvgIpc) is 2.42. The molecule has 0 aromatic heterocycles. The van der Waals surface area contributed by atoms with Crippen molar-refractivity contribution >= 4 is 11.8 Å². The van der Waals surface area contributed by atoms with Gasteiger partial charge in [0, 0.05) is 12.1 Å². The highest BCUT2D eigenvalue weighted by Crippen LogP contribution is 1.97. The number of carbonyl (C=O) groups is 2. The predicted molar refractivity (Wildman–Crippen MR) is 71.3 cm³/mol. The standard InChI is InChI=1S/C14H20N2O2/c1-2-3-7-10-15-13(17)11-16-14(18)12-8-5-4-6-9-12/h4-6,8-9H,2-3,7,10-11H2,1H3,(H,15,17)(H,16,18). The minimum atomic E-state index is -0.223. The van der Waals surface area contributed by atoms with Gasteiger partial charge in [-0.05, 0) is 18.6 Å². The zero-order valence-electron chi connectivity index (χ0n) is 10.7. The lowest BCUT2D eigenvalue weighted by molar-refractivity contribution is -0.120. The Labute approximate surface area is 108 Å². The number of carbonyl (C=O) groups excluding carboxylic acids is 2. The summed E-state index contributed by atoms with van der Waals surface area (Å²) in [6, 6.07) is 8.86. The molecule has 0 saturated carbocycles. The van der Waals surface area contributed by atoms with Gasteiger partial charge in [0.25, 0.3) is 5.91 Å². The van der Waals surface area contributed by atoms with Crippen LogP contribution in [0, 0.1) is 0 Å². The number of rotatable bonds is 7. The molecule has 18 heavy (non-hydrogen) atoms. The summed E-state index contributed by atoms with van der Waals surface area (Å²) in [5.74, 6) is -0.366. The van der Waals surface area contributed by atoms with Crippen molar-refractivity contribution in [3.63, 3.8) is 0 Å². The van der Waals surface area contributed by atoms with Gasteiger partial charge in [0.15, 0.2) is 0 Å². The third-order valence-electron chi connectivity index (χ3n) is 2.55. The van der Waals surface area contributed by atoms with Gasteiger partial charge in [-0.3, -0.25) is 9.59 Å². The van der Waals surface area contributed by atoms with Crippen LogP contribution in [0.15, 0.2) is 30.3 Å². The van der Waals surface area contributed by atoms with E-state index in [1.54, 1.807) is 24.3 Å². The third-order valence-corrected chi connectivity index (χ3v) is 2.55. The zero-order valence-corrected chi connectivity index (χ0v) is 10.7. The zero-order chi connectivity index (χ0) is 13.2. The van der Waals surface area contributed by atoms with E-state index in [1.807, 2.05) is 6.07 Å². The quantitative estimate of drug-likeness (QED) is 0.722. The Kier molecular flexibility index (Phi) is 6.54. The van der Waals surface area contributed by atoms with Gasteiger partial charge in [-0.1, -0.05) is 38.0 Å². The van der Waals surface area contributed by atoms with Gasteiger partial charge >= 0.3 is 0 Å². The largest absolute Gasteiger partial charge is 0.355 e. The number of hydrogen-bond donors (Lipinski definition) is 2. The molecule has 1 aromatic carbocycles. The van der Waals surface area contributed by atoms with Gasteiger partial charge in [-0.15, -0.1) is 0 Å². The van der Waals surface area contributed by atoms with Crippen LogP contribution in [0.4, 0.5) is 0 Å². The molecule has 4 heteroatoms. The molecule has 0 unspecified atom stereocenters. The van der Waals surface area contributed by atoms with Crippen LogP contribution in [-0.4, -0.2) is 24.9 Å². The Morgan fingerprint density at radius 1 is 1.06 bits per heavy atom. The Hall–Kier alpha value is -1.84. The van der Waals surface area contributed by atoms with Crippen LogP contribution in [0.1, 0.15) is 36.5 Å². The highest BCUT2D eigenvalue weighted by Gasteiger charge is 2.06. The van der Waals surface area contributed by atoms with Gasteiger partial charge in [0.05, 0.1) is 6.54 Å². The molecule has 0 aliphatic rings. The fourth-order valence-electron chi connectivity index (χ4n) is 1.52. The first kappa shape index (κ1) is 14.2. The van der Waals surface area contributed by atoms with E-state index < -0.39 is 0 Å². The van der Waals surface area contributed by atoms with Gasteiger partial charge in [-0.25, -0.2) is 0 Å². The average molecular weight is 248 g/mol. The molecule has 0 spiro atoms. The van der Waals surface area contributed by atoms with Crippen molar-refractivity contribution in [3.8, 4) is 0 Å². The summed E-state index contributed by atoms with van der Waals surface area (Å²) in [6.07, 6.45) is 3.21. The number of benzene rings is 1. The van der Waals surface area contributed by atoms with E-state index in [9.17, 15) is 9.59 Å². The van der Waals surface area contributed by atoms with Crippen molar-refractivity contribution in [2.75, 3.05) is 13.1 Å². The Bertz CT molecular complexity index is 377. The molecule has 2 amide bonds. The highest BCUT2D eigenvalue weighted by molar-refractivity contribution is 5.96. The van der Waals surface area contributed by atoms with Gasteiger partial charge in [0.1, 0.15) is 0 Å². The first-order valence-electron chi connectivity index (χ1n) is 6.34. The molecule has 0 aliphatic heterocycles. The number of nitrogens with one attached hydrogen (secondary N) is 2. The first-order valence-corrected chi connectivity index (χ1v) is 6.34. The molecular formula is C14H20N2O2. The topological polar surface area (TPSA) is 58.2 Å². The summed E-state index contributed by atoms with van der Waals surface area (Å²) >= 11 is 0. The van der Waals surface area contributed by atoms with Crippen LogP contribution in [0.2, 0.25) is 0 Å². The molecule has 0 aliphatic carbocycles. The van der Waals surface area contributed by atoms with Crippen LogP contribution in [0.3, 0.4) is 0 Å². The van der Waals surface area contributed by atoms with E-state index in [4.69, 9.17) is 0 Å². The monoisotopic (exact) mass is 248 g/mol. The molecule has 2 N–H and O–H groups in total. The third kappa shape index (κ3) is 5.48. The van der Waals surface area contributed by atoms with E-state index in [0.717, 1.165) is 19.3 Å². The van der Waals surface area contributed by atoms with Crippen LogP contribution >= 0.6 is 0 Å². The highest BCUT2D eigenvalue weighted by atomic mass is 16.2. The van der Waals surface area contributed by atoms with E-state index in [0.29, 0.717) is 12.1 Å². The van der Waals surface area contributed by atoms with Crippen LogP contribution in [0.25, 0.3) is 0 Å². The summed E-state index contributed by atoms with van der Waals surface area (Å²) < 4.78 is 0. The Morgan fingerprint density at radius 2 is 1.78 bits per heavy atom. The summed E-state index contributed by atoms with van der Waals surface area (Å²) in [7, 11) is 0. The summed E-state index contributed by atoms with van der Waals surface area (Å²) in [4.78, 5) is 23.1. The normalized spacial score (nSPS) is 9.83. The first-order chi connectivity index (χ1) is 8.74. The van der Waals surface area contributed by atoms with E-state index >= 15 is 0 Å². The lowest BCUT2D eigenvalue weighted by Gasteiger charge is -2.06. The van der Waals surface area contributed by atoms with E-state index in [1.165, 1.54) is 0 Å². The maximum Gasteiger partial charge on any atom is 0.251 e. The second kappa shape index (κ2) is 8.28. The second-order valence-electron chi connectivity index (χ2n) is 4.11. The van der Waals surface area contributed by atoms with Crippen molar-refractivity contribution in [3.05, 3.63) is 35.9 Å². The Morgan fingerprint density at radius 3 is 2.44 bits per heavy atom. The van der Waals surface area contributed by atoms with Gasteiger partial charge in [-0.2, -0.15) is 0 Å². The molecule has 0 fully saturated rings. The minimum absolute atomic E-state index is 0.0276. The maximum absolute atomic E-state index is 11.6. The molecule has 0 bridgehead atoms. The lowest BCUT2D eigenvalue weighted by Crippen LogP contribution is -2.37. The van der Waals surface area contributed by atoms with E-state index in [2.05, 4.69) is 17.6 Å². The number of unbranched alkanes of at least 4 members (excludes halogenated alkanes) is 2. The van der Waals surface area contributed by atoms with Crippen LogP contribution < -0.4 is 10.6 Å². The van der Waals surface area contributed by atoms with Crippen molar-refractivity contribution < 1.29 is 9.59 Å². The van der Waals surface area contributed by atoms with Crippen molar-refractivity contribution in [1.29, 1.82) is 0 Å². The van der Waals surface area contributed by atoms with Gasteiger partial charge < -0.3 is 10.6 Å². The molecule has 98 valence electrons. The summed E-state index contributed by atoms with van der Waals surface area (Å²) in [5.41, 5.74) is 0.566. The molecule has 0 heterocycles. The SMILES string of the molecule is CCCCCNC(=O)CNC(=O)c1ccccc1. The van der Waals surface area contributed by atoms with E-state index in [-0.39, 0.29) is 18.4 Å². The molecule has 0 radical (unpaired) electrons. The summed E-state index contributed by atoms with van der Waals surface area (Å²) in [6.45, 7) is 2.82. The van der Waals surface area contributed by atoms with Crippen LogP contribution in [0.5, 0.6) is 0 Å². The van der Waals surface area contributed by atoms with Crippen molar-refractivity contribution in [1.82, 2.24) is 10.6 Å². The number of amides is 2. The maximum atomic E-state index is 11.6. The predicted octanol–water partition coefficient (Wildman–Crippen LogP) is 1.72. The molecular weight excluding hydrogens is 228 g/mol. The van der Waals surface area contributed by atoms with Crippen LogP contribution in [-0.2, 0) is 4.79 Å². The van der Waals surface area contributed by atoms with Crippen molar-refractivity contribution in [2.45, 2.75) is 26.2 Å². The second-order valence-corrected chi connectivity index (χ2v) is 4.11. The summed E-state index contributed by atoms with van der Waals surface area (Å²) in [5, 5.41) is 5.36. The number of hydrogen-bond acceptors (Lipinski definition) is 2. The minimum Gasteiger partial charge on any atom is -0.355 e. The van der Waals surface area contributed by atoms with Gasteiger partial charge in [0.2, 0.25) is 5.91 Å². The molecule has 0 saturated heterocycles.